The molecule has 1 aromatic carbocycles. The molecule has 1 aromatic rings. The molecule has 0 radical (unpaired) electrons. The lowest BCUT2D eigenvalue weighted by Crippen LogP contribution is -2.41. The third kappa shape index (κ3) is 7.81. The van der Waals surface area contributed by atoms with Gasteiger partial charge in [0.15, 0.2) is 5.96 Å². The smallest absolute Gasteiger partial charge is 0.191 e. The van der Waals surface area contributed by atoms with Crippen molar-refractivity contribution in [3.05, 3.63) is 29.6 Å². The van der Waals surface area contributed by atoms with Gasteiger partial charge in [0, 0.05) is 46.8 Å². The summed E-state index contributed by atoms with van der Waals surface area (Å²) in [5, 5.41) is 6.60. The van der Waals surface area contributed by atoms with Gasteiger partial charge in [0.1, 0.15) is 5.82 Å². The van der Waals surface area contributed by atoms with Crippen LogP contribution >= 0.6 is 24.0 Å². The van der Waals surface area contributed by atoms with Gasteiger partial charge in [0.2, 0.25) is 0 Å². The molecule has 0 aliphatic carbocycles. The first-order valence-corrected chi connectivity index (χ1v) is 9.65. The number of benzene rings is 1. The Morgan fingerprint density at radius 3 is 2.70 bits per heavy atom. The fraction of sp³-hybridized carbons (Fsp3) is 0.650. The van der Waals surface area contributed by atoms with Crippen LogP contribution in [0.4, 0.5) is 10.1 Å². The second kappa shape index (κ2) is 12.4. The van der Waals surface area contributed by atoms with E-state index in [1.54, 1.807) is 18.0 Å². The number of piperidine rings is 1. The minimum atomic E-state index is -0.201. The lowest BCUT2D eigenvalue weighted by molar-refractivity contribution is 0.159. The van der Waals surface area contributed by atoms with Crippen molar-refractivity contribution < 1.29 is 4.39 Å². The van der Waals surface area contributed by atoms with Crippen LogP contribution in [0.25, 0.3) is 0 Å². The molecule has 7 heteroatoms. The molecule has 1 unspecified atom stereocenters. The first kappa shape index (κ1) is 23.9. The van der Waals surface area contributed by atoms with E-state index in [4.69, 9.17) is 0 Å². The first-order valence-electron chi connectivity index (χ1n) is 9.65. The zero-order valence-corrected chi connectivity index (χ0v) is 19.4. The van der Waals surface area contributed by atoms with Crippen LogP contribution in [0.3, 0.4) is 0 Å². The molecule has 27 heavy (non-hydrogen) atoms. The third-order valence-electron chi connectivity index (χ3n) is 5.03. The van der Waals surface area contributed by atoms with Crippen LogP contribution in [-0.4, -0.2) is 57.7 Å². The van der Waals surface area contributed by atoms with Crippen molar-refractivity contribution in [3.63, 3.8) is 0 Å². The number of likely N-dealkylation sites (tertiary alicyclic amines) is 1. The molecule has 1 saturated heterocycles. The summed E-state index contributed by atoms with van der Waals surface area (Å²) in [5.74, 6) is 0.557. The van der Waals surface area contributed by atoms with Gasteiger partial charge in [-0.3, -0.25) is 4.99 Å². The molecule has 0 bridgehead atoms. The van der Waals surface area contributed by atoms with Crippen LogP contribution in [0.5, 0.6) is 0 Å². The van der Waals surface area contributed by atoms with Crippen molar-refractivity contribution in [1.29, 1.82) is 0 Å². The standard InChI is InChI=1S/C20H34FN5.HI/c1-16-8-5-6-12-26(16)13-7-11-23-20(22-2)24-15-17-9-10-19(25(3)4)18(21)14-17;/h9-10,14,16H,5-8,11-13,15H2,1-4H3,(H2,22,23,24);1H. The molecular formula is C20H35FIN5. The average Bonchev–Trinajstić information content (AvgIpc) is 2.62. The summed E-state index contributed by atoms with van der Waals surface area (Å²) in [4.78, 5) is 8.60. The molecule has 1 heterocycles. The van der Waals surface area contributed by atoms with Gasteiger partial charge in [0.05, 0.1) is 5.69 Å². The van der Waals surface area contributed by atoms with Crippen LogP contribution in [0.15, 0.2) is 23.2 Å². The molecule has 1 aliphatic rings. The number of guanidine groups is 1. The van der Waals surface area contributed by atoms with Crippen molar-refractivity contribution >= 4 is 35.6 Å². The minimum Gasteiger partial charge on any atom is -0.375 e. The number of aliphatic imine (C=N–C) groups is 1. The highest BCUT2D eigenvalue weighted by molar-refractivity contribution is 14.0. The summed E-state index contributed by atoms with van der Waals surface area (Å²) in [7, 11) is 5.44. The molecule has 0 aromatic heterocycles. The van der Waals surface area contributed by atoms with Crippen LogP contribution in [0.2, 0.25) is 0 Å². The Morgan fingerprint density at radius 2 is 2.07 bits per heavy atom. The summed E-state index contributed by atoms with van der Waals surface area (Å²) in [6, 6.07) is 6.03. The Labute approximate surface area is 180 Å². The molecule has 154 valence electrons. The van der Waals surface area contributed by atoms with Gasteiger partial charge in [-0.2, -0.15) is 0 Å². The third-order valence-corrected chi connectivity index (χ3v) is 5.03. The van der Waals surface area contributed by atoms with Crippen LogP contribution in [0.1, 0.15) is 38.2 Å². The zero-order valence-electron chi connectivity index (χ0n) is 17.1. The zero-order chi connectivity index (χ0) is 18.9. The fourth-order valence-corrected chi connectivity index (χ4v) is 3.41. The Balaban J connectivity index is 0.00000364. The predicted molar refractivity (Wildman–Crippen MR) is 124 cm³/mol. The first-order chi connectivity index (χ1) is 12.5. The molecular weight excluding hydrogens is 456 g/mol. The number of rotatable bonds is 7. The van der Waals surface area contributed by atoms with Gasteiger partial charge in [0.25, 0.3) is 0 Å². The van der Waals surface area contributed by atoms with Crippen LogP contribution < -0.4 is 15.5 Å². The minimum absolute atomic E-state index is 0. The highest BCUT2D eigenvalue weighted by atomic mass is 127. The fourth-order valence-electron chi connectivity index (χ4n) is 3.41. The van der Waals surface area contributed by atoms with Gasteiger partial charge in [-0.15, -0.1) is 24.0 Å². The summed E-state index contributed by atoms with van der Waals surface area (Å²) in [5.41, 5.74) is 1.50. The molecule has 2 N–H and O–H groups in total. The summed E-state index contributed by atoms with van der Waals surface area (Å²) < 4.78 is 14.0. The van der Waals surface area contributed by atoms with Crippen molar-refractivity contribution in [2.75, 3.05) is 45.7 Å². The summed E-state index contributed by atoms with van der Waals surface area (Å²) >= 11 is 0. The van der Waals surface area contributed by atoms with E-state index in [2.05, 4.69) is 27.4 Å². The highest BCUT2D eigenvalue weighted by Gasteiger charge is 2.17. The molecule has 0 saturated carbocycles. The number of hydrogen-bond donors (Lipinski definition) is 2. The number of anilines is 1. The Kier molecular flexibility index (Phi) is 11.0. The monoisotopic (exact) mass is 491 g/mol. The lowest BCUT2D eigenvalue weighted by atomic mass is 10.0. The number of nitrogens with zero attached hydrogens (tertiary/aromatic N) is 3. The van der Waals surface area contributed by atoms with Crippen molar-refractivity contribution in [2.45, 2.75) is 45.2 Å². The van der Waals surface area contributed by atoms with Gasteiger partial charge in [-0.25, -0.2) is 4.39 Å². The SMILES string of the molecule is CN=C(NCCCN1CCCCC1C)NCc1ccc(N(C)C)c(F)c1.I. The molecule has 2 rings (SSSR count). The van der Waals surface area contributed by atoms with Crippen LogP contribution in [0, 0.1) is 5.82 Å². The quantitative estimate of drug-likeness (QED) is 0.266. The van der Waals surface area contributed by atoms with Crippen molar-refractivity contribution in [1.82, 2.24) is 15.5 Å². The maximum atomic E-state index is 14.0. The Morgan fingerprint density at radius 1 is 1.30 bits per heavy atom. The van der Waals surface area contributed by atoms with E-state index in [-0.39, 0.29) is 29.8 Å². The number of nitrogens with one attached hydrogen (secondary N) is 2. The molecule has 1 atom stereocenters. The summed E-state index contributed by atoms with van der Waals surface area (Å²) in [6.45, 7) is 6.11. The molecule has 0 spiro atoms. The molecule has 5 nitrogen and oxygen atoms in total. The number of hydrogen-bond acceptors (Lipinski definition) is 3. The van der Waals surface area contributed by atoms with E-state index >= 15 is 0 Å². The van der Waals surface area contributed by atoms with E-state index in [0.717, 1.165) is 31.0 Å². The maximum Gasteiger partial charge on any atom is 0.191 e. The van der Waals surface area contributed by atoms with Gasteiger partial charge >= 0.3 is 0 Å². The van der Waals surface area contributed by atoms with Crippen LogP contribution in [-0.2, 0) is 6.54 Å². The highest BCUT2D eigenvalue weighted by Crippen LogP contribution is 2.18. The second-order valence-corrected chi connectivity index (χ2v) is 7.27. The van der Waals surface area contributed by atoms with E-state index in [0.29, 0.717) is 18.3 Å². The molecule has 1 fully saturated rings. The molecule has 1 aliphatic heterocycles. The Hall–Kier alpha value is -1.09. The maximum absolute atomic E-state index is 14.0. The van der Waals surface area contributed by atoms with Crippen molar-refractivity contribution in [3.8, 4) is 0 Å². The largest absolute Gasteiger partial charge is 0.375 e. The second-order valence-electron chi connectivity index (χ2n) is 7.27. The Bertz CT molecular complexity index is 594. The average molecular weight is 491 g/mol. The van der Waals surface area contributed by atoms with E-state index < -0.39 is 0 Å². The molecule has 0 amide bonds. The topological polar surface area (TPSA) is 42.9 Å². The summed E-state index contributed by atoms with van der Waals surface area (Å²) in [6.07, 6.45) is 5.10. The van der Waals surface area contributed by atoms with Crippen molar-refractivity contribution in [2.24, 2.45) is 4.99 Å². The lowest BCUT2D eigenvalue weighted by Gasteiger charge is -2.33. The van der Waals surface area contributed by atoms with E-state index in [9.17, 15) is 4.39 Å². The van der Waals surface area contributed by atoms with Gasteiger partial charge in [-0.05, 0) is 50.4 Å². The van der Waals surface area contributed by atoms with Gasteiger partial charge in [-0.1, -0.05) is 12.5 Å². The van der Waals surface area contributed by atoms with E-state index in [1.165, 1.54) is 25.8 Å². The number of halogens is 2. The predicted octanol–water partition coefficient (Wildman–Crippen LogP) is 3.44. The van der Waals surface area contributed by atoms with Gasteiger partial charge < -0.3 is 20.4 Å². The van der Waals surface area contributed by atoms with E-state index in [1.807, 2.05) is 26.2 Å². The normalized spacial score (nSPS) is 18.0.